The molecular formula is C14H12N4O2. The van der Waals surface area contributed by atoms with Gasteiger partial charge in [0.15, 0.2) is 0 Å². The van der Waals surface area contributed by atoms with E-state index in [0.29, 0.717) is 5.56 Å². The van der Waals surface area contributed by atoms with Crippen molar-refractivity contribution in [2.75, 3.05) is 0 Å². The van der Waals surface area contributed by atoms with Gasteiger partial charge in [-0.3, -0.25) is 19.8 Å². The number of nitro benzene ring substituents is 1. The molecule has 0 atom stereocenters. The third-order valence-electron chi connectivity index (χ3n) is 3.27. The molecule has 0 aliphatic carbocycles. The molecule has 0 spiro atoms. The molecule has 2 heterocycles. The van der Waals surface area contributed by atoms with Crippen LogP contribution in [0.3, 0.4) is 0 Å². The zero-order chi connectivity index (χ0) is 14.3. The summed E-state index contributed by atoms with van der Waals surface area (Å²) in [6.45, 7) is 1.86. The summed E-state index contributed by atoms with van der Waals surface area (Å²) in [6.07, 6.45) is 3.36. The summed E-state index contributed by atoms with van der Waals surface area (Å²) in [7, 11) is 1.77. The second-order valence-corrected chi connectivity index (χ2v) is 4.64. The van der Waals surface area contributed by atoms with E-state index in [9.17, 15) is 10.1 Å². The molecule has 1 aromatic carbocycles. The molecule has 6 heteroatoms. The zero-order valence-electron chi connectivity index (χ0n) is 11.1. The lowest BCUT2D eigenvalue weighted by Crippen LogP contribution is -1.95. The summed E-state index contributed by atoms with van der Waals surface area (Å²) in [5, 5.41) is 16.3. The second kappa shape index (κ2) is 4.41. The molecule has 3 rings (SSSR count). The van der Waals surface area contributed by atoms with Crippen molar-refractivity contribution < 1.29 is 4.92 Å². The van der Waals surface area contributed by atoms with Crippen molar-refractivity contribution in [3.63, 3.8) is 0 Å². The van der Waals surface area contributed by atoms with Crippen molar-refractivity contribution in [3.05, 3.63) is 52.5 Å². The number of pyridine rings is 1. The normalized spacial score (nSPS) is 10.9. The maximum atomic E-state index is 11.3. The molecule has 0 bridgehead atoms. The van der Waals surface area contributed by atoms with Gasteiger partial charge in [0.05, 0.1) is 22.2 Å². The Morgan fingerprint density at radius 3 is 2.80 bits per heavy atom. The monoisotopic (exact) mass is 268 g/mol. The number of hydrogen-bond acceptors (Lipinski definition) is 4. The number of benzene rings is 1. The van der Waals surface area contributed by atoms with Gasteiger partial charge in [-0.05, 0) is 30.7 Å². The van der Waals surface area contributed by atoms with Gasteiger partial charge in [-0.15, -0.1) is 0 Å². The lowest BCUT2D eigenvalue weighted by Gasteiger charge is -2.05. The Bertz CT molecular complexity index is 823. The Hall–Kier alpha value is -2.76. The summed E-state index contributed by atoms with van der Waals surface area (Å²) in [6, 6.07) is 6.98. The number of nitro groups is 1. The molecule has 6 nitrogen and oxygen atoms in total. The summed E-state index contributed by atoms with van der Waals surface area (Å²) in [5.41, 5.74) is 3.01. The number of fused-ring (bicyclic) bond motifs is 1. The summed E-state index contributed by atoms with van der Waals surface area (Å²) in [4.78, 5) is 15.1. The highest BCUT2D eigenvalue weighted by molar-refractivity contribution is 5.90. The molecule has 3 aromatic rings. The van der Waals surface area contributed by atoms with E-state index in [-0.39, 0.29) is 10.6 Å². The Labute approximate surface area is 114 Å². The van der Waals surface area contributed by atoms with E-state index < -0.39 is 0 Å². The maximum Gasteiger partial charge on any atom is 0.279 e. The topological polar surface area (TPSA) is 73.8 Å². The van der Waals surface area contributed by atoms with Crippen LogP contribution in [0.15, 0.2) is 36.7 Å². The van der Waals surface area contributed by atoms with Crippen LogP contribution in [0.1, 0.15) is 5.69 Å². The van der Waals surface area contributed by atoms with E-state index >= 15 is 0 Å². The lowest BCUT2D eigenvalue weighted by molar-refractivity contribution is -0.384. The fourth-order valence-corrected chi connectivity index (χ4v) is 2.28. The van der Waals surface area contributed by atoms with Crippen molar-refractivity contribution >= 4 is 16.6 Å². The Morgan fingerprint density at radius 1 is 1.30 bits per heavy atom. The van der Waals surface area contributed by atoms with Crippen LogP contribution in [-0.4, -0.2) is 19.7 Å². The van der Waals surface area contributed by atoms with E-state index in [4.69, 9.17) is 0 Å². The number of aromatic nitrogens is 3. The second-order valence-electron chi connectivity index (χ2n) is 4.64. The van der Waals surface area contributed by atoms with Crippen molar-refractivity contribution in [1.82, 2.24) is 14.8 Å². The molecule has 2 aromatic heterocycles. The first-order valence-electron chi connectivity index (χ1n) is 6.09. The molecule has 0 aliphatic rings. The van der Waals surface area contributed by atoms with Gasteiger partial charge in [-0.2, -0.15) is 5.10 Å². The summed E-state index contributed by atoms with van der Waals surface area (Å²) >= 11 is 0. The molecule has 20 heavy (non-hydrogen) atoms. The quantitative estimate of drug-likeness (QED) is 0.529. The smallest absolute Gasteiger partial charge is 0.268 e. The maximum absolute atomic E-state index is 11.3. The molecule has 0 N–H and O–H groups in total. The molecule has 0 radical (unpaired) electrons. The van der Waals surface area contributed by atoms with Crippen LogP contribution in [0.4, 0.5) is 5.69 Å². The van der Waals surface area contributed by atoms with Gasteiger partial charge in [0.25, 0.3) is 5.69 Å². The van der Waals surface area contributed by atoms with Crippen LogP contribution in [0, 0.1) is 17.0 Å². The standard InChI is InChI=1S/C14H12N4O2/c1-9-5-10(3-4-15-9)12-6-11-8-16-17(2)13(11)7-14(12)18(19)20/h3-8H,1-2H3. The van der Waals surface area contributed by atoms with E-state index in [0.717, 1.165) is 22.2 Å². The third kappa shape index (κ3) is 1.91. The fourth-order valence-electron chi connectivity index (χ4n) is 2.28. The highest BCUT2D eigenvalue weighted by Crippen LogP contribution is 2.33. The molecule has 0 amide bonds. The third-order valence-corrected chi connectivity index (χ3v) is 3.27. The van der Waals surface area contributed by atoms with Gasteiger partial charge < -0.3 is 0 Å². The average Bonchev–Trinajstić information content (AvgIpc) is 2.78. The lowest BCUT2D eigenvalue weighted by atomic mass is 10.0. The zero-order valence-corrected chi connectivity index (χ0v) is 11.1. The summed E-state index contributed by atoms with van der Waals surface area (Å²) < 4.78 is 1.63. The molecule has 0 fully saturated rings. The summed E-state index contributed by atoms with van der Waals surface area (Å²) in [5.74, 6) is 0. The van der Waals surface area contributed by atoms with E-state index in [2.05, 4.69) is 10.1 Å². The van der Waals surface area contributed by atoms with Crippen molar-refractivity contribution in [2.24, 2.45) is 7.05 Å². The van der Waals surface area contributed by atoms with E-state index in [1.165, 1.54) is 0 Å². The minimum atomic E-state index is -0.364. The van der Waals surface area contributed by atoms with Crippen LogP contribution in [0.2, 0.25) is 0 Å². The predicted molar refractivity (Wildman–Crippen MR) is 75.3 cm³/mol. The fraction of sp³-hybridized carbons (Fsp3) is 0.143. The Balaban J connectivity index is 2.33. The highest BCUT2D eigenvalue weighted by atomic mass is 16.6. The van der Waals surface area contributed by atoms with Crippen LogP contribution in [0.25, 0.3) is 22.0 Å². The molecule has 0 saturated carbocycles. The largest absolute Gasteiger partial charge is 0.279 e. The van der Waals surface area contributed by atoms with Gasteiger partial charge in [-0.25, -0.2) is 0 Å². The Morgan fingerprint density at radius 2 is 2.10 bits per heavy atom. The first-order chi connectivity index (χ1) is 9.56. The van der Waals surface area contributed by atoms with Crippen LogP contribution in [-0.2, 0) is 7.05 Å². The van der Waals surface area contributed by atoms with Crippen molar-refractivity contribution in [3.8, 4) is 11.1 Å². The number of aryl methyl sites for hydroxylation is 2. The minimum Gasteiger partial charge on any atom is -0.268 e. The van der Waals surface area contributed by atoms with Gasteiger partial charge in [-0.1, -0.05) is 0 Å². The number of hydrogen-bond donors (Lipinski definition) is 0. The van der Waals surface area contributed by atoms with E-state index in [1.54, 1.807) is 42.3 Å². The van der Waals surface area contributed by atoms with Gasteiger partial charge in [0, 0.05) is 30.4 Å². The SMILES string of the molecule is Cc1cc(-c2cc3cnn(C)c3cc2[N+](=O)[O-])ccn1. The molecule has 0 saturated heterocycles. The number of nitrogens with zero attached hydrogens (tertiary/aromatic N) is 4. The van der Waals surface area contributed by atoms with Crippen LogP contribution < -0.4 is 0 Å². The van der Waals surface area contributed by atoms with Gasteiger partial charge in [0.1, 0.15) is 0 Å². The van der Waals surface area contributed by atoms with E-state index in [1.807, 2.05) is 13.0 Å². The molecule has 0 aliphatic heterocycles. The van der Waals surface area contributed by atoms with Crippen LogP contribution in [0.5, 0.6) is 0 Å². The van der Waals surface area contributed by atoms with Crippen molar-refractivity contribution in [1.29, 1.82) is 0 Å². The molecular weight excluding hydrogens is 256 g/mol. The van der Waals surface area contributed by atoms with Gasteiger partial charge >= 0.3 is 0 Å². The Kier molecular flexibility index (Phi) is 2.71. The average molecular weight is 268 g/mol. The first-order valence-corrected chi connectivity index (χ1v) is 6.09. The van der Waals surface area contributed by atoms with Gasteiger partial charge in [0.2, 0.25) is 0 Å². The van der Waals surface area contributed by atoms with Crippen molar-refractivity contribution in [2.45, 2.75) is 6.92 Å². The first kappa shape index (κ1) is 12.3. The predicted octanol–water partition coefficient (Wildman–Crippen LogP) is 2.85. The number of rotatable bonds is 2. The van der Waals surface area contributed by atoms with Crippen LogP contribution >= 0.6 is 0 Å². The minimum absolute atomic E-state index is 0.0756. The molecule has 0 unspecified atom stereocenters. The molecule has 100 valence electrons. The highest BCUT2D eigenvalue weighted by Gasteiger charge is 2.18.